The maximum atomic E-state index is 13.2. The second kappa shape index (κ2) is 6.10. The predicted octanol–water partition coefficient (Wildman–Crippen LogP) is 4.19. The van der Waals surface area contributed by atoms with Crippen LogP contribution in [0, 0.1) is 18.6 Å². The van der Waals surface area contributed by atoms with Gasteiger partial charge < -0.3 is 10.1 Å². The second-order valence-electron chi connectivity index (χ2n) is 4.40. The summed E-state index contributed by atoms with van der Waals surface area (Å²) in [5.41, 5.74) is 1.17. The number of halogens is 3. The minimum Gasteiger partial charge on any atom is -0.495 e. The first-order valence-corrected chi connectivity index (χ1v) is 6.40. The number of aryl methyl sites for hydroxylation is 1. The molecule has 0 fully saturated rings. The van der Waals surface area contributed by atoms with Crippen LogP contribution in [0.3, 0.4) is 0 Å². The van der Waals surface area contributed by atoms with Crippen LogP contribution in [0.25, 0.3) is 0 Å². The van der Waals surface area contributed by atoms with Gasteiger partial charge in [0.25, 0.3) is 5.91 Å². The molecule has 2 rings (SSSR count). The van der Waals surface area contributed by atoms with Gasteiger partial charge in [0.15, 0.2) is 11.6 Å². The van der Waals surface area contributed by atoms with Gasteiger partial charge in [-0.25, -0.2) is 8.78 Å². The largest absolute Gasteiger partial charge is 0.495 e. The van der Waals surface area contributed by atoms with Gasteiger partial charge in [0.1, 0.15) is 5.75 Å². The molecule has 0 aliphatic heterocycles. The molecule has 0 heterocycles. The molecule has 21 heavy (non-hydrogen) atoms. The Balaban J connectivity index is 2.34. The van der Waals surface area contributed by atoms with Crippen LogP contribution >= 0.6 is 11.6 Å². The quantitative estimate of drug-likeness (QED) is 0.863. The molecule has 0 aliphatic rings. The molecule has 0 saturated carbocycles. The van der Waals surface area contributed by atoms with Gasteiger partial charge in [0.05, 0.1) is 23.4 Å². The van der Waals surface area contributed by atoms with E-state index in [-0.39, 0.29) is 10.6 Å². The number of nitrogens with one attached hydrogen (secondary N) is 1. The van der Waals surface area contributed by atoms with E-state index in [1.54, 1.807) is 12.1 Å². The van der Waals surface area contributed by atoms with Crippen LogP contribution in [0.5, 0.6) is 5.75 Å². The SMILES string of the molecule is COc1ccc(C)cc1NC(=O)c1cc(F)c(F)cc1Cl. The molecule has 0 unspecified atom stereocenters. The Labute approximate surface area is 125 Å². The van der Waals surface area contributed by atoms with E-state index in [2.05, 4.69) is 5.32 Å². The summed E-state index contributed by atoms with van der Waals surface area (Å²) in [6.07, 6.45) is 0. The van der Waals surface area contributed by atoms with E-state index in [1.165, 1.54) is 7.11 Å². The Kier molecular flexibility index (Phi) is 4.43. The predicted molar refractivity (Wildman–Crippen MR) is 77.1 cm³/mol. The molecule has 0 aromatic heterocycles. The molecule has 2 aromatic carbocycles. The highest BCUT2D eigenvalue weighted by Gasteiger charge is 2.16. The number of anilines is 1. The summed E-state index contributed by atoms with van der Waals surface area (Å²) in [6.45, 7) is 1.85. The minimum absolute atomic E-state index is 0.154. The lowest BCUT2D eigenvalue weighted by Gasteiger charge is -2.12. The van der Waals surface area contributed by atoms with Gasteiger partial charge in [-0.3, -0.25) is 4.79 Å². The third kappa shape index (κ3) is 3.31. The summed E-state index contributed by atoms with van der Waals surface area (Å²) in [5, 5.41) is 2.40. The van der Waals surface area contributed by atoms with Crippen LogP contribution in [-0.2, 0) is 0 Å². The number of carbonyl (C=O) groups is 1. The molecule has 2 aromatic rings. The lowest BCUT2D eigenvalue weighted by atomic mass is 10.1. The van der Waals surface area contributed by atoms with Crippen molar-refractivity contribution in [2.45, 2.75) is 6.92 Å². The average molecular weight is 312 g/mol. The molecule has 1 N–H and O–H groups in total. The van der Waals surface area contributed by atoms with Crippen LogP contribution in [0.1, 0.15) is 15.9 Å². The Morgan fingerprint density at radius 3 is 2.52 bits per heavy atom. The zero-order valence-corrected chi connectivity index (χ0v) is 12.1. The second-order valence-corrected chi connectivity index (χ2v) is 4.81. The molecule has 0 aliphatic carbocycles. The van der Waals surface area contributed by atoms with Gasteiger partial charge >= 0.3 is 0 Å². The van der Waals surface area contributed by atoms with E-state index in [0.29, 0.717) is 11.4 Å². The van der Waals surface area contributed by atoms with Gasteiger partial charge in [0.2, 0.25) is 0 Å². The third-order valence-electron chi connectivity index (χ3n) is 2.86. The van der Waals surface area contributed by atoms with E-state index in [9.17, 15) is 13.6 Å². The van der Waals surface area contributed by atoms with Crippen LogP contribution in [0.15, 0.2) is 30.3 Å². The maximum Gasteiger partial charge on any atom is 0.257 e. The van der Waals surface area contributed by atoms with Crippen molar-refractivity contribution in [3.8, 4) is 5.75 Å². The van der Waals surface area contributed by atoms with Crippen LogP contribution in [0.2, 0.25) is 5.02 Å². The highest BCUT2D eigenvalue weighted by Crippen LogP contribution is 2.27. The summed E-state index contributed by atoms with van der Waals surface area (Å²) in [5.74, 6) is -2.44. The van der Waals surface area contributed by atoms with Crippen LogP contribution in [0.4, 0.5) is 14.5 Å². The maximum absolute atomic E-state index is 13.2. The van der Waals surface area contributed by atoms with E-state index in [1.807, 2.05) is 13.0 Å². The van der Waals surface area contributed by atoms with Crippen molar-refractivity contribution < 1.29 is 18.3 Å². The summed E-state index contributed by atoms with van der Waals surface area (Å²) >= 11 is 5.77. The Morgan fingerprint density at radius 2 is 1.86 bits per heavy atom. The standard InChI is InChI=1S/C15H12ClF2NO2/c1-8-3-4-14(21-2)13(5-8)19-15(20)9-6-11(17)12(18)7-10(9)16/h3-7H,1-2H3,(H,19,20). The van der Waals surface area contributed by atoms with E-state index in [0.717, 1.165) is 17.7 Å². The fourth-order valence-electron chi connectivity index (χ4n) is 1.81. The minimum atomic E-state index is -1.14. The monoisotopic (exact) mass is 311 g/mol. The highest BCUT2D eigenvalue weighted by molar-refractivity contribution is 6.34. The molecule has 0 atom stereocenters. The number of ether oxygens (including phenoxy) is 1. The van der Waals surface area contributed by atoms with Crippen molar-refractivity contribution in [2.75, 3.05) is 12.4 Å². The van der Waals surface area contributed by atoms with Gasteiger partial charge in [-0.2, -0.15) is 0 Å². The number of hydrogen-bond donors (Lipinski definition) is 1. The number of hydrogen-bond acceptors (Lipinski definition) is 2. The van der Waals surface area contributed by atoms with E-state index >= 15 is 0 Å². The topological polar surface area (TPSA) is 38.3 Å². The molecule has 6 heteroatoms. The lowest BCUT2D eigenvalue weighted by Crippen LogP contribution is -2.14. The number of amides is 1. The van der Waals surface area contributed by atoms with Crippen molar-refractivity contribution in [2.24, 2.45) is 0 Å². The molecule has 0 saturated heterocycles. The molecule has 0 spiro atoms. The number of carbonyl (C=O) groups excluding carboxylic acids is 1. The normalized spacial score (nSPS) is 10.3. The van der Waals surface area contributed by atoms with Gasteiger partial charge in [-0.1, -0.05) is 17.7 Å². The Bertz CT molecular complexity index is 704. The van der Waals surface area contributed by atoms with Crippen molar-refractivity contribution in [1.82, 2.24) is 0 Å². The molecule has 3 nitrogen and oxygen atoms in total. The fourth-order valence-corrected chi connectivity index (χ4v) is 2.04. The molecular formula is C15H12ClF2NO2. The number of benzene rings is 2. The molecule has 0 radical (unpaired) electrons. The third-order valence-corrected chi connectivity index (χ3v) is 3.17. The number of rotatable bonds is 3. The molecule has 1 amide bonds. The first kappa shape index (κ1) is 15.3. The Morgan fingerprint density at radius 1 is 1.19 bits per heavy atom. The lowest BCUT2D eigenvalue weighted by molar-refractivity contribution is 0.102. The first-order chi connectivity index (χ1) is 9.92. The van der Waals surface area contributed by atoms with Crippen molar-refractivity contribution in [3.63, 3.8) is 0 Å². The zero-order valence-electron chi connectivity index (χ0n) is 11.3. The van der Waals surface area contributed by atoms with E-state index < -0.39 is 17.5 Å². The zero-order chi connectivity index (χ0) is 15.6. The number of methoxy groups -OCH3 is 1. The van der Waals surface area contributed by atoms with Crippen LogP contribution in [-0.4, -0.2) is 13.0 Å². The van der Waals surface area contributed by atoms with Gasteiger partial charge in [-0.05, 0) is 36.8 Å². The van der Waals surface area contributed by atoms with Gasteiger partial charge in [0, 0.05) is 0 Å². The van der Waals surface area contributed by atoms with Crippen LogP contribution < -0.4 is 10.1 Å². The summed E-state index contributed by atoms with van der Waals surface area (Å²) < 4.78 is 31.4. The van der Waals surface area contributed by atoms with E-state index in [4.69, 9.17) is 16.3 Å². The first-order valence-electron chi connectivity index (χ1n) is 6.03. The fraction of sp³-hybridized carbons (Fsp3) is 0.133. The molecule has 0 bridgehead atoms. The summed E-state index contributed by atoms with van der Waals surface area (Å²) in [6, 6.07) is 6.73. The molecular weight excluding hydrogens is 300 g/mol. The van der Waals surface area contributed by atoms with Crippen molar-refractivity contribution in [3.05, 3.63) is 58.1 Å². The Hall–Kier alpha value is -2.14. The molecule has 110 valence electrons. The smallest absolute Gasteiger partial charge is 0.257 e. The summed E-state index contributed by atoms with van der Waals surface area (Å²) in [4.78, 5) is 12.1. The van der Waals surface area contributed by atoms with Crippen molar-refractivity contribution >= 4 is 23.2 Å². The highest BCUT2D eigenvalue weighted by atomic mass is 35.5. The summed E-state index contributed by atoms with van der Waals surface area (Å²) in [7, 11) is 1.46. The van der Waals surface area contributed by atoms with Crippen molar-refractivity contribution in [1.29, 1.82) is 0 Å². The average Bonchev–Trinajstić information content (AvgIpc) is 2.43. The van der Waals surface area contributed by atoms with Gasteiger partial charge in [-0.15, -0.1) is 0 Å².